The van der Waals surface area contributed by atoms with Crippen LogP contribution < -0.4 is 5.73 Å². The normalized spacial score (nSPS) is 25.4. The van der Waals surface area contributed by atoms with Crippen molar-refractivity contribution in [2.75, 3.05) is 13.2 Å². The third-order valence-corrected chi connectivity index (χ3v) is 3.18. The van der Waals surface area contributed by atoms with E-state index >= 15 is 0 Å². The molecule has 0 radical (unpaired) electrons. The van der Waals surface area contributed by atoms with Gasteiger partial charge in [-0.15, -0.1) is 0 Å². The van der Waals surface area contributed by atoms with Gasteiger partial charge in [-0.2, -0.15) is 0 Å². The first-order valence-electron chi connectivity index (χ1n) is 5.82. The van der Waals surface area contributed by atoms with Crippen LogP contribution in [-0.4, -0.2) is 36.1 Å². The lowest BCUT2D eigenvalue weighted by Crippen LogP contribution is -2.35. The van der Waals surface area contributed by atoms with E-state index in [0.29, 0.717) is 5.92 Å². The monoisotopic (exact) mass is 243 g/mol. The Morgan fingerprint density at radius 1 is 1.47 bits per heavy atom. The maximum atomic E-state index is 11.7. The van der Waals surface area contributed by atoms with E-state index in [0.717, 1.165) is 6.42 Å². The van der Waals surface area contributed by atoms with Crippen molar-refractivity contribution in [1.82, 2.24) is 0 Å². The fourth-order valence-corrected chi connectivity index (χ4v) is 1.97. The molecule has 0 bridgehead atoms. The molecule has 3 atom stereocenters. The first kappa shape index (κ1) is 14.1. The van der Waals surface area contributed by atoms with Crippen LogP contribution in [0.5, 0.6) is 0 Å². The van der Waals surface area contributed by atoms with Crippen molar-refractivity contribution in [3.8, 4) is 0 Å². The van der Waals surface area contributed by atoms with Crippen molar-refractivity contribution in [2.24, 2.45) is 23.0 Å². The predicted molar refractivity (Wildman–Crippen MR) is 62.5 cm³/mol. The van der Waals surface area contributed by atoms with Gasteiger partial charge in [-0.05, 0) is 17.8 Å². The van der Waals surface area contributed by atoms with Crippen LogP contribution in [0.3, 0.4) is 0 Å². The summed E-state index contributed by atoms with van der Waals surface area (Å²) in [6.07, 6.45) is 0.913. The SMILES string of the molecule is CC(C)(C)C1CC1C(=O)COC[C@H](N)C(=O)O. The van der Waals surface area contributed by atoms with Crippen molar-refractivity contribution >= 4 is 11.8 Å². The molecule has 0 amide bonds. The summed E-state index contributed by atoms with van der Waals surface area (Å²) in [6, 6.07) is -1.06. The Morgan fingerprint density at radius 2 is 2.06 bits per heavy atom. The van der Waals surface area contributed by atoms with Gasteiger partial charge < -0.3 is 15.6 Å². The third kappa shape index (κ3) is 4.09. The highest BCUT2D eigenvalue weighted by Crippen LogP contribution is 2.50. The second kappa shape index (κ2) is 5.14. The van der Waals surface area contributed by atoms with Crippen molar-refractivity contribution in [1.29, 1.82) is 0 Å². The van der Waals surface area contributed by atoms with Crippen LogP contribution in [0.1, 0.15) is 27.2 Å². The molecule has 0 saturated heterocycles. The summed E-state index contributed by atoms with van der Waals surface area (Å²) in [5.74, 6) is -0.554. The highest BCUT2D eigenvalue weighted by molar-refractivity contribution is 5.85. The minimum atomic E-state index is -1.11. The van der Waals surface area contributed by atoms with Gasteiger partial charge in [0.1, 0.15) is 12.6 Å². The lowest BCUT2D eigenvalue weighted by Gasteiger charge is -2.17. The number of ether oxygens (including phenoxy) is 1. The average molecular weight is 243 g/mol. The Kier molecular flexibility index (Phi) is 4.27. The van der Waals surface area contributed by atoms with Gasteiger partial charge in [0.05, 0.1) is 6.61 Å². The number of ketones is 1. The molecule has 1 rings (SSSR count). The quantitative estimate of drug-likeness (QED) is 0.715. The van der Waals surface area contributed by atoms with E-state index < -0.39 is 12.0 Å². The Balaban J connectivity index is 2.22. The number of Topliss-reactive ketones (excluding diaryl/α,β-unsaturated/α-hetero) is 1. The molecule has 0 aromatic carbocycles. The van der Waals surface area contributed by atoms with Gasteiger partial charge in [0.2, 0.25) is 0 Å². The summed E-state index contributed by atoms with van der Waals surface area (Å²) < 4.78 is 5.03. The summed E-state index contributed by atoms with van der Waals surface area (Å²) in [6.45, 7) is 6.21. The van der Waals surface area contributed by atoms with Crippen molar-refractivity contribution < 1.29 is 19.4 Å². The van der Waals surface area contributed by atoms with E-state index in [-0.39, 0.29) is 30.3 Å². The second-order valence-electron chi connectivity index (χ2n) is 5.74. The second-order valence-corrected chi connectivity index (χ2v) is 5.74. The zero-order valence-corrected chi connectivity index (χ0v) is 10.6. The highest BCUT2D eigenvalue weighted by Gasteiger charge is 2.48. The van der Waals surface area contributed by atoms with Gasteiger partial charge in [-0.25, -0.2) is 0 Å². The lowest BCUT2D eigenvalue weighted by molar-refractivity contribution is -0.141. The number of nitrogens with two attached hydrogens (primary N) is 1. The highest BCUT2D eigenvalue weighted by atomic mass is 16.5. The Labute approximate surface area is 101 Å². The number of hydrogen-bond donors (Lipinski definition) is 2. The molecule has 0 heterocycles. The molecule has 1 aliphatic rings. The minimum absolute atomic E-state index is 0.0295. The van der Waals surface area contributed by atoms with Crippen molar-refractivity contribution in [3.05, 3.63) is 0 Å². The van der Waals surface area contributed by atoms with Crippen molar-refractivity contribution in [2.45, 2.75) is 33.2 Å². The number of carbonyl (C=O) groups is 2. The molecule has 0 aliphatic heterocycles. The van der Waals surface area contributed by atoms with E-state index in [1.54, 1.807) is 0 Å². The summed E-state index contributed by atoms with van der Waals surface area (Å²) in [7, 11) is 0. The number of carboxylic acids is 1. The molecule has 17 heavy (non-hydrogen) atoms. The summed E-state index contributed by atoms with van der Waals surface area (Å²) >= 11 is 0. The smallest absolute Gasteiger partial charge is 0.322 e. The van der Waals surface area contributed by atoms with Gasteiger partial charge >= 0.3 is 5.97 Å². The zero-order valence-electron chi connectivity index (χ0n) is 10.6. The van der Waals surface area contributed by atoms with Gasteiger partial charge in [0.25, 0.3) is 0 Å². The Bertz CT molecular complexity index is 308. The van der Waals surface area contributed by atoms with Crippen LogP contribution in [0.2, 0.25) is 0 Å². The molecule has 5 nitrogen and oxygen atoms in total. The molecular weight excluding hydrogens is 222 g/mol. The van der Waals surface area contributed by atoms with E-state index in [4.69, 9.17) is 15.6 Å². The molecule has 1 saturated carbocycles. The van der Waals surface area contributed by atoms with Gasteiger partial charge in [0.15, 0.2) is 5.78 Å². The van der Waals surface area contributed by atoms with Crippen LogP contribution in [0, 0.1) is 17.3 Å². The topological polar surface area (TPSA) is 89.6 Å². The first-order chi connectivity index (χ1) is 7.73. The molecule has 0 aromatic rings. The maximum absolute atomic E-state index is 11.7. The zero-order chi connectivity index (χ0) is 13.2. The molecule has 98 valence electrons. The van der Waals surface area contributed by atoms with Crippen LogP contribution >= 0.6 is 0 Å². The molecular formula is C12H21NO4. The number of carboxylic acid groups (broad SMARTS) is 1. The van der Waals surface area contributed by atoms with Gasteiger partial charge in [0, 0.05) is 5.92 Å². The molecule has 0 spiro atoms. The maximum Gasteiger partial charge on any atom is 0.322 e. The number of aliphatic carboxylic acids is 1. The van der Waals surface area contributed by atoms with Crippen LogP contribution in [0.25, 0.3) is 0 Å². The largest absolute Gasteiger partial charge is 0.480 e. The fourth-order valence-electron chi connectivity index (χ4n) is 1.97. The predicted octanol–water partition coefficient (Wildman–Crippen LogP) is 0.666. The number of carbonyl (C=O) groups excluding carboxylic acids is 1. The van der Waals surface area contributed by atoms with E-state index in [2.05, 4.69) is 20.8 Å². The Hall–Kier alpha value is -0.940. The standard InChI is InChI=1S/C12H21NO4/c1-12(2,3)8-4-7(8)10(14)6-17-5-9(13)11(15)16/h7-9H,4-6,13H2,1-3H3,(H,15,16)/t7?,8?,9-/m0/s1. The third-order valence-electron chi connectivity index (χ3n) is 3.18. The van der Waals surface area contributed by atoms with Crippen LogP contribution in [-0.2, 0) is 14.3 Å². The van der Waals surface area contributed by atoms with Gasteiger partial charge in [-0.1, -0.05) is 20.8 Å². The molecule has 1 aliphatic carbocycles. The van der Waals surface area contributed by atoms with E-state index in [9.17, 15) is 9.59 Å². The molecule has 5 heteroatoms. The minimum Gasteiger partial charge on any atom is -0.480 e. The molecule has 3 N–H and O–H groups in total. The number of rotatable bonds is 6. The summed E-state index contributed by atoms with van der Waals surface area (Å²) in [5, 5.41) is 8.53. The van der Waals surface area contributed by atoms with E-state index in [1.165, 1.54) is 0 Å². The average Bonchev–Trinajstić information content (AvgIpc) is 2.95. The van der Waals surface area contributed by atoms with Gasteiger partial charge in [-0.3, -0.25) is 9.59 Å². The molecule has 1 fully saturated rings. The van der Waals surface area contributed by atoms with E-state index in [1.807, 2.05) is 0 Å². The molecule has 2 unspecified atom stereocenters. The van der Waals surface area contributed by atoms with Crippen LogP contribution in [0.15, 0.2) is 0 Å². The Morgan fingerprint density at radius 3 is 2.47 bits per heavy atom. The summed E-state index contributed by atoms with van der Waals surface area (Å²) in [4.78, 5) is 22.1. The van der Waals surface area contributed by atoms with Crippen molar-refractivity contribution in [3.63, 3.8) is 0 Å². The first-order valence-corrected chi connectivity index (χ1v) is 5.82. The number of hydrogen-bond acceptors (Lipinski definition) is 4. The van der Waals surface area contributed by atoms with Crippen LogP contribution in [0.4, 0.5) is 0 Å². The summed E-state index contributed by atoms with van der Waals surface area (Å²) in [5.41, 5.74) is 5.41. The fraction of sp³-hybridized carbons (Fsp3) is 0.833. The lowest BCUT2D eigenvalue weighted by atomic mass is 9.88. The molecule has 0 aromatic heterocycles.